The Morgan fingerprint density at radius 3 is 2.87 bits per heavy atom. The SMILES string of the molecule is O=C(NCc1cccs1)N1CCCCC1. The van der Waals surface area contributed by atoms with Gasteiger partial charge in [-0.15, -0.1) is 11.3 Å². The molecule has 0 aliphatic carbocycles. The largest absolute Gasteiger partial charge is 0.333 e. The lowest BCUT2D eigenvalue weighted by Gasteiger charge is -2.26. The minimum Gasteiger partial charge on any atom is -0.333 e. The first-order valence-electron chi connectivity index (χ1n) is 5.41. The number of piperidine rings is 1. The van der Waals surface area contributed by atoms with Crippen LogP contribution in [0.3, 0.4) is 0 Å². The lowest BCUT2D eigenvalue weighted by atomic mass is 10.1. The minimum absolute atomic E-state index is 0.0862. The topological polar surface area (TPSA) is 32.3 Å². The quantitative estimate of drug-likeness (QED) is 0.822. The summed E-state index contributed by atoms with van der Waals surface area (Å²) in [6, 6.07) is 4.14. The van der Waals surface area contributed by atoms with E-state index in [1.54, 1.807) is 11.3 Å². The van der Waals surface area contributed by atoms with Gasteiger partial charge in [0.25, 0.3) is 0 Å². The Morgan fingerprint density at radius 1 is 1.40 bits per heavy atom. The summed E-state index contributed by atoms with van der Waals surface area (Å²) in [6.07, 6.45) is 3.55. The average Bonchev–Trinajstić information content (AvgIpc) is 2.80. The van der Waals surface area contributed by atoms with E-state index in [1.807, 2.05) is 22.4 Å². The average molecular weight is 224 g/mol. The van der Waals surface area contributed by atoms with Crippen molar-refractivity contribution in [2.75, 3.05) is 13.1 Å². The molecule has 3 nitrogen and oxygen atoms in total. The second-order valence-corrected chi connectivity index (χ2v) is 4.82. The van der Waals surface area contributed by atoms with Crippen molar-refractivity contribution in [2.45, 2.75) is 25.8 Å². The smallest absolute Gasteiger partial charge is 0.317 e. The van der Waals surface area contributed by atoms with Crippen molar-refractivity contribution in [1.82, 2.24) is 10.2 Å². The highest BCUT2D eigenvalue weighted by Gasteiger charge is 2.15. The zero-order chi connectivity index (χ0) is 10.5. The third-order valence-electron chi connectivity index (χ3n) is 2.64. The monoisotopic (exact) mass is 224 g/mol. The van der Waals surface area contributed by atoms with Gasteiger partial charge >= 0.3 is 6.03 Å². The predicted octanol–water partition coefficient (Wildman–Crippen LogP) is 2.44. The van der Waals surface area contributed by atoms with E-state index in [9.17, 15) is 4.79 Å². The second-order valence-electron chi connectivity index (χ2n) is 3.79. The molecule has 1 saturated heterocycles. The van der Waals surface area contributed by atoms with E-state index in [0.717, 1.165) is 25.9 Å². The summed E-state index contributed by atoms with van der Waals surface area (Å²) in [5, 5.41) is 4.98. The van der Waals surface area contributed by atoms with Gasteiger partial charge in [-0.05, 0) is 30.7 Å². The number of nitrogens with one attached hydrogen (secondary N) is 1. The Hall–Kier alpha value is -1.03. The summed E-state index contributed by atoms with van der Waals surface area (Å²) in [5.74, 6) is 0. The maximum atomic E-state index is 11.7. The molecule has 0 atom stereocenters. The first-order valence-corrected chi connectivity index (χ1v) is 6.29. The summed E-state index contributed by atoms with van der Waals surface area (Å²) in [4.78, 5) is 14.8. The molecule has 1 aliphatic rings. The lowest BCUT2D eigenvalue weighted by Crippen LogP contribution is -2.42. The van der Waals surface area contributed by atoms with Gasteiger partial charge in [0.2, 0.25) is 0 Å². The number of likely N-dealkylation sites (tertiary alicyclic amines) is 1. The fourth-order valence-electron chi connectivity index (χ4n) is 1.78. The molecule has 1 aliphatic heterocycles. The summed E-state index contributed by atoms with van der Waals surface area (Å²) in [7, 11) is 0. The number of nitrogens with zero attached hydrogens (tertiary/aromatic N) is 1. The molecule has 82 valence electrons. The van der Waals surface area contributed by atoms with Crippen molar-refractivity contribution < 1.29 is 4.79 Å². The van der Waals surface area contributed by atoms with Crippen LogP contribution in [0.4, 0.5) is 4.79 Å². The summed E-state index contributed by atoms with van der Waals surface area (Å²) in [5.41, 5.74) is 0. The van der Waals surface area contributed by atoms with Crippen LogP contribution in [-0.4, -0.2) is 24.0 Å². The van der Waals surface area contributed by atoms with Gasteiger partial charge in [0, 0.05) is 18.0 Å². The standard InChI is InChI=1S/C11H16N2OS/c14-11(13-6-2-1-3-7-13)12-9-10-5-4-8-15-10/h4-5,8H,1-3,6-7,9H2,(H,12,14). The highest BCUT2D eigenvalue weighted by Crippen LogP contribution is 2.10. The highest BCUT2D eigenvalue weighted by molar-refractivity contribution is 7.09. The molecule has 1 aromatic rings. The lowest BCUT2D eigenvalue weighted by molar-refractivity contribution is 0.186. The molecule has 0 unspecified atom stereocenters. The summed E-state index contributed by atoms with van der Waals surface area (Å²) in [6.45, 7) is 2.49. The van der Waals surface area contributed by atoms with Crippen molar-refractivity contribution in [3.63, 3.8) is 0 Å². The maximum Gasteiger partial charge on any atom is 0.317 e. The van der Waals surface area contributed by atoms with Gasteiger partial charge in [0.15, 0.2) is 0 Å². The molecule has 0 bridgehead atoms. The van der Waals surface area contributed by atoms with E-state index in [2.05, 4.69) is 5.32 Å². The van der Waals surface area contributed by atoms with Crippen LogP contribution in [0.25, 0.3) is 0 Å². The number of thiophene rings is 1. The van der Waals surface area contributed by atoms with Gasteiger partial charge in [-0.1, -0.05) is 6.07 Å². The number of urea groups is 1. The molecule has 2 amide bonds. The van der Waals surface area contributed by atoms with Crippen LogP contribution in [0.1, 0.15) is 24.1 Å². The normalized spacial score (nSPS) is 16.4. The highest BCUT2D eigenvalue weighted by atomic mass is 32.1. The van der Waals surface area contributed by atoms with Crippen LogP contribution in [-0.2, 0) is 6.54 Å². The second kappa shape index (κ2) is 5.16. The van der Waals surface area contributed by atoms with Crippen molar-refractivity contribution >= 4 is 17.4 Å². The maximum absolute atomic E-state index is 11.7. The van der Waals surface area contributed by atoms with E-state index < -0.39 is 0 Å². The number of hydrogen-bond donors (Lipinski definition) is 1. The molecule has 15 heavy (non-hydrogen) atoms. The van der Waals surface area contributed by atoms with Crippen LogP contribution in [0, 0.1) is 0 Å². The van der Waals surface area contributed by atoms with Crippen LogP contribution in [0.2, 0.25) is 0 Å². The Balaban J connectivity index is 1.76. The molecule has 0 radical (unpaired) electrons. The van der Waals surface area contributed by atoms with E-state index in [-0.39, 0.29) is 6.03 Å². The molecule has 2 rings (SSSR count). The van der Waals surface area contributed by atoms with Crippen LogP contribution < -0.4 is 5.32 Å². The molecule has 4 heteroatoms. The van der Waals surface area contributed by atoms with Gasteiger partial charge in [-0.2, -0.15) is 0 Å². The molecule has 0 saturated carbocycles. The summed E-state index contributed by atoms with van der Waals surface area (Å²) < 4.78 is 0. The third kappa shape index (κ3) is 2.96. The summed E-state index contributed by atoms with van der Waals surface area (Å²) >= 11 is 1.68. The van der Waals surface area contributed by atoms with E-state index >= 15 is 0 Å². The van der Waals surface area contributed by atoms with Crippen LogP contribution >= 0.6 is 11.3 Å². The van der Waals surface area contributed by atoms with Gasteiger partial charge in [-0.3, -0.25) is 0 Å². The fourth-order valence-corrected chi connectivity index (χ4v) is 2.43. The molecular weight excluding hydrogens is 208 g/mol. The first-order chi connectivity index (χ1) is 7.36. The molecule has 1 fully saturated rings. The molecule has 0 spiro atoms. The zero-order valence-corrected chi connectivity index (χ0v) is 9.55. The number of hydrogen-bond acceptors (Lipinski definition) is 2. The van der Waals surface area contributed by atoms with E-state index in [0.29, 0.717) is 6.54 Å². The van der Waals surface area contributed by atoms with E-state index in [1.165, 1.54) is 11.3 Å². The zero-order valence-electron chi connectivity index (χ0n) is 8.74. The first kappa shape index (κ1) is 10.5. The minimum atomic E-state index is 0.0862. The molecule has 2 heterocycles. The molecule has 1 N–H and O–H groups in total. The predicted molar refractivity (Wildman–Crippen MR) is 62.0 cm³/mol. The van der Waals surface area contributed by atoms with Crippen molar-refractivity contribution in [2.24, 2.45) is 0 Å². The van der Waals surface area contributed by atoms with Gasteiger partial charge in [0.1, 0.15) is 0 Å². The van der Waals surface area contributed by atoms with Crippen LogP contribution in [0.5, 0.6) is 0 Å². The number of carbonyl (C=O) groups excluding carboxylic acids is 1. The van der Waals surface area contributed by atoms with Crippen LogP contribution in [0.15, 0.2) is 17.5 Å². The fraction of sp³-hybridized carbons (Fsp3) is 0.545. The van der Waals surface area contributed by atoms with E-state index in [4.69, 9.17) is 0 Å². The van der Waals surface area contributed by atoms with Crippen molar-refractivity contribution in [3.8, 4) is 0 Å². The number of amides is 2. The van der Waals surface area contributed by atoms with Gasteiger partial charge in [-0.25, -0.2) is 4.79 Å². The van der Waals surface area contributed by atoms with Crippen molar-refractivity contribution in [1.29, 1.82) is 0 Å². The van der Waals surface area contributed by atoms with Gasteiger partial charge in [0.05, 0.1) is 6.54 Å². The number of carbonyl (C=O) groups is 1. The molecule has 0 aromatic carbocycles. The molecule has 1 aromatic heterocycles. The molecular formula is C11H16N2OS. The van der Waals surface area contributed by atoms with Gasteiger partial charge < -0.3 is 10.2 Å². The third-order valence-corrected chi connectivity index (χ3v) is 3.51. The Kier molecular flexibility index (Phi) is 3.61. The van der Waals surface area contributed by atoms with Crippen molar-refractivity contribution in [3.05, 3.63) is 22.4 Å². The Morgan fingerprint density at radius 2 is 2.20 bits per heavy atom. The Bertz CT molecular complexity index is 304. The number of rotatable bonds is 2. The Labute approximate surface area is 94.1 Å².